The van der Waals surface area contributed by atoms with Crippen LogP contribution in [0.4, 0.5) is 22.4 Å². The molecule has 1 N–H and O–H groups in total. The number of benzene rings is 1. The minimum atomic E-state index is -1.92. The number of carbonyl (C=O) groups excluding carboxylic acids is 2. The van der Waals surface area contributed by atoms with Crippen LogP contribution in [-0.2, 0) is 33.2 Å². The van der Waals surface area contributed by atoms with Gasteiger partial charge in [-0.3, -0.25) is 0 Å². The minimum Gasteiger partial charge on any atom is -0.449 e. The molecule has 1 aromatic rings. The first-order valence-electron chi connectivity index (χ1n) is 15.1. The molecule has 0 aliphatic carbocycles. The van der Waals surface area contributed by atoms with Gasteiger partial charge in [0.25, 0.3) is 0 Å². The molecule has 1 atom stereocenters. The van der Waals surface area contributed by atoms with Crippen molar-refractivity contribution < 1.29 is 60.3 Å². The van der Waals surface area contributed by atoms with Gasteiger partial charge in [-0.15, -0.1) is 0 Å². The van der Waals surface area contributed by atoms with Gasteiger partial charge in [-0.05, 0) is 74.7 Å². The Kier molecular flexibility index (Phi) is 16.4. The summed E-state index contributed by atoms with van der Waals surface area (Å²) in [4.78, 5) is 25.5. The van der Waals surface area contributed by atoms with Crippen LogP contribution in [-0.4, -0.2) is 87.8 Å². The highest BCUT2D eigenvalue weighted by atomic mass is 19.2. The Balaban J connectivity index is 2.84. The van der Waals surface area contributed by atoms with Crippen LogP contribution in [0.25, 0.3) is 0 Å². The molecule has 1 amide bonds. The van der Waals surface area contributed by atoms with Crippen LogP contribution in [0.2, 0.25) is 0 Å². The van der Waals surface area contributed by atoms with Gasteiger partial charge in [0.15, 0.2) is 17.7 Å². The molecule has 0 bridgehead atoms. The molecule has 0 heterocycles. The van der Waals surface area contributed by atoms with Crippen LogP contribution in [0.15, 0.2) is 6.07 Å². The number of methoxy groups -OCH3 is 2. The van der Waals surface area contributed by atoms with E-state index >= 15 is 0 Å². The zero-order valence-electron chi connectivity index (χ0n) is 28.7. The van der Waals surface area contributed by atoms with E-state index in [2.05, 4.69) is 10.1 Å². The molecule has 0 saturated carbocycles. The number of carbonyl (C=O) groups is 2. The van der Waals surface area contributed by atoms with E-state index in [4.69, 9.17) is 28.4 Å². The van der Waals surface area contributed by atoms with Crippen molar-refractivity contribution in [1.82, 2.24) is 5.32 Å². The summed E-state index contributed by atoms with van der Waals surface area (Å²) < 4.78 is 93.7. The average molecular weight is 670 g/mol. The Morgan fingerprint density at radius 1 is 0.696 bits per heavy atom. The Bertz CT molecular complexity index is 1100. The third-order valence-electron chi connectivity index (χ3n) is 7.42. The van der Waals surface area contributed by atoms with Gasteiger partial charge < -0.3 is 38.5 Å². The SMILES string of the molecule is COC(C)(C)CCOC(C)(C)CCOC[C@H](NC(=O)OCCC(C)(C)OCCC(C)(C)OC)C(=O)Oc1c(F)c(F)cc(F)c1F. The van der Waals surface area contributed by atoms with Crippen molar-refractivity contribution in [2.75, 3.05) is 47.3 Å². The lowest BCUT2D eigenvalue weighted by Gasteiger charge is -2.29. The summed E-state index contributed by atoms with van der Waals surface area (Å²) in [6.45, 7) is 15.2. The lowest BCUT2D eigenvalue weighted by atomic mass is 10.0. The first kappa shape index (κ1) is 41.5. The van der Waals surface area contributed by atoms with E-state index in [0.717, 1.165) is 0 Å². The van der Waals surface area contributed by atoms with Gasteiger partial charge in [0, 0.05) is 33.3 Å². The second-order valence-electron chi connectivity index (χ2n) is 13.3. The van der Waals surface area contributed by atoms with Crippen molar-refractivity contribution in [1.29, 1.82) is 0 Å². The molecule has 0 aliphatic heterocycles. The summed E-state index contributed by atoms with van der Waals surface area (Å²) >= 11 is 0. The van der Waals surface area contributed by atoms with Crippen molar-refractivity contribution in [2.45, 2.75) is 110 Å². The molecule has 0 fully saturated rings. The number of nitrogens with one attached hydrogen (secondary N) is 1. The van der Waals surface area contributed by atoms with Gasteiger partial charge in [0.1, 0.15) is 0 Å². The Labute approximate surface area is 269 Å². The Morgan fingerprint density at radius 3 is 1.59 bits per heavy atom. The van der Waals surface area contributed by atoms with Crippen LogP contribution < -0.4 is 10.1 Å². The molecule has 0 aromatic heterocycles. The van der Waals surface area contributed by atoms with Crippen LogP contribution in [0.3, 0.4) is 0 Å². The molecule has 0 aliphatic rings. The standard InChI is InChI=1S/C32H51F4NO9/c1-29(2,40-9)13-17-44-31(5,6)11-15-42-20-23(27(38)46-26-24(35)21(33)19-22(34)25(26)36)37-28(39)43-16-12-32(7,8)45-18-14-30(3,4)41-10/h19,23H,11-18,20H2,1-10H3,(H,37,39)/t23-/m0/s1. The zero-order chi connectivity index (χ0) is 35.3. The molecule has 46 heavy (non-hydrogen) atoms. The lowest BCUT2D eigenvalue weighted by molar-refractivity contribution is -0.139. The fourth-order valence-electron chi connectivity index (χ4n) is 3.57. The van der Waals surface area contributed by atoms with E-state index in [-0.39, 0.29) is 36.9 Å². The van der Waals surface area contributed by atoms with E-state index in [1.165, 1.54) is 0 Å². The monoisotopic (exact) mass is 669 g/mol. The van der Waals surface area contributed by atoms with E-state index in [0.29, 0.717) is 32.5 Å². The summed E-state index contributed by atoms with van der Waals surface area (Å²) in [5.74, 6) is -10.4. The smallest absolute Gasteiger partial charge is 0.407 e. The second kappa shape index (κ2) is 18.1. The largest absolute Gasteiger partial charge is 0.449 e. The van der Waals surface area contributed by atoms with Gasteiger partial charge in [0.05, 0.1) is 48.8 Å². The predicted molar refractivity (Wildman–Crippen MR) is 162 cm³/mol. The maximum absolute atomic E-state index is 14.2. The predicted octanol–water partition coefficient (Wildman–Crippen LogP) is 6.26. The minimum absolute atomic E-state index is 0.0258. The number of amides is 1. The molecule has 0 unspecified atom stereocenters. The highest BCUT2D eigenvalue weighted by Gasteiger charge is 2.30. The number of hydrogen-bond donors (Lipinski definition) is 1. The molecule has 0 saturated heterocycles. The van der Waals surface area contributed by atoms with E-state index in [9.17, 15) is 27.2 Å². The fourth-order valence-corrected chi connectivity index (χ4v) is 3.57. The molecule has 1 rings (SSSR count). The summed E-state index contributed by atoms with van der Waals surface area (Å²) in [5, 5.41) is 2.22. The number of rotatable bonds is 21. The van der Waals surface area contributed by atoms with Gasteiger partial charge in [-0.25, -0.2) is 18.4 Å². The maximum Gasteiger partial charge on any atom is 0.407 e. The van der Waals surface area contributed by atoms with Gasteiger partial charge in [-0.2, -0.15) is 8.78 Å². The fraction of sp³-hybridized carbons (Fsp3) is 0.750. The van der Waals surface area contributed by atoms with Crippen LogP contribution >= 0.6 is 0 Å². The average Bonchev–Trinajstić information content (AvgIpc) is 2.95. The summed E-state index contributed by atoms with van der Waals surface area (Å²) in [5.41, 5.74) is -2.04. The topological polar surface area (TPSA) is 111 Å². The molecule has 14 heteroatoms. The second-order valence-corrected chi connectivity index (χ2v) is 13.3. The Morgan fingerprint density at radius 2 is 1.13 bits per heavy atom. The van der Waals surface area contributed by atoms with Crippen molar-refractivity contribution in [3.63, 3.8) is 0 Å². The number of hydrogen-bond acceptors (Lipinski definition) is 9. The third kappa shape index (κ3) is 15.4. The molecule has 266 valence electrons. The van der Waals surface area contributed by atoms with Crippen LogP contribution in [0.1, 0.15) is 81.1 Å². The summed E-state index contributed by atoms with van der Waals surface area (Å²) in [6, 6.07) is -1.69. The van der Waals surface area contributed by atoms with Gasteiger partial charge in [0.2, 0.25) is 17.4 Å². The lowest BCUT2D eigenvalue weighted by Crippen LogP contribution is -2.47. The first-order valence-corrected chi connectivity index (χ1v) is 15.1. The molecular weight excluding hydrogens is 618 g/mol. The van der Waals surface area contributed by atoms with E-state index in [1.54, 1.807) is 14.2 Å². The van der Waals surface area contributed by atoms with Gasteiger partial charge in [-0.1, -0.05) is 0 Å². The van der Waals surface area contributed by atoms with Crippen molar-refractivity contribution in [3.8, 4) is 5.75 Å². The number of ether oxygens (including phenoxy) is 7. The van der Waals surface area contributed by atoms with Crippen molar-refractivity contribution in [3.05, 3.63) is 29.3 Å². The summed E-state index contributed by atoms with van der Waals surface area (Å²) in [6.07, 6.45) is 0.842. The first-order chi connectivity index (χ1) is 21.1. The maximum atomic E-state index is 14.2. The van der Waals surface area contributed by atoms with E-state index < -0.39 is 64.9 Å². The quantitative estimate of drug-likeness (QED) is 0.0533. The van der Waals surface area contributed by atoms with E-state index in [1.807, 2.05) is 55.4 Å². The normalized spacial score (nSPS) is 13.4. The molecule has 10 nitrogen and oxygen atoms in total. The molecule has 0 radical (unpaired) electrons. The molecular formula is C32H51F4NO9. The highest BCUT2D eigenvalue weighted by molar-refractivity contribution is 5.83. The van der Waals surface area contributed by atoms with Crippen LogP contribution in [0.5, 0.6) is 5.75 Å². The number of alkyl carbamates (subject to hydrolysis) is 1. The number of esters is 1. The van der Waals surface area contributed by atoms with Crippen molar-refractivity contribution >= 4 is 12.1 Å². The highest BCUT2D eigenvalue weighted by Crippen LogP contribution is 2.27. The Hall–Kier alpha value is -2.52. The molecule has 0 spiro atoms. The van der Waals surface area contributed by atoms with Crippen molar-refractivity contribution in [2.24, 2.45) is 0 Å². The van der Waals surface area contributed by atoms with Crippen LogP contribution in [0, 0.1) is 23.3 Å². The zero-order valence-corrected chi connectivity index (χ0v) is 28.7. The summed E-state index contributed by atoms with van der Waals surface area (Å²) in [7, 11) is 3.22. The molecule has 1 aromatic carbocycles. The van der Waals surface area contributed by atoms with Gasteiger partial charge >= 0.3 is 12.1 Å². The number of halogens is 4. The third-order valence-corrected chi connectivity index (χ3v) is 7.42.